The minimum absolute atomic E-state index is 0.0214. The molecule has 0 aromatic heterocycles. The van der Waals surface area contributed by atoms with Crippen LogP contribution in [-0.4, -0.2) is 47.4 Å². The second-order valence-electron chi connectivity index (χ2n) is 26.0. The van der Waals surface area contributed by atoms with Gasteiger partial charge in [-0.15, -0.1) is 0 Å². The largest absolute Gasteiger partial charge is 0.466 e. The third-order valence-electron chi connectivity index (χ3n) is 17.8. The molecule has 0 aromatic carbocycles. The van der Waals surface area contributed by atoms with Crippen molar-refractivity contribution in [2.45, 2.75) is 443 Å². The Morgan fingerprint density at radius 3 is 0.877 bits per heavy atom. The van der Waals surface area contributed by atoms with E-state index in [9.17, 15) is 19.8 Å². The fourth-order valence-electron chi connectivity index (χ4n) is 12.1. The zero-order chi connectivity index (χ0) is 58.5. The minimum atomic E-state index is -0.660. The number of unbranched alkanes of at least 4 members (excludes halogenated alkanes) is 58. The molecule has 0 saturated heterocycles. The van der Waals surface area contributed by atoms with Crippen LogP contribution in [0.5, 0.6) is 0 Å². The van der Waals surface area contributed by atoms with E-state index in [-0.39, 0.29) is 18.5 Å². The van der Waals surface area contributed by atoms with Crippen molar-refractivity contribution in [3.05, 3.63) is 12.2 Å². The Morgan fingerprint density at radius 2 is 0.580 bits per heavy atom. The quantitative estimate of drug-likeness (QED) is 0.0320. The van der Waals surface area contributed by atoms with E-state index in [1.807, 2.05) is 0 Å². The van der Waals surface area contributed by atoms with Gasteiger partial charge in [0.05, 0.1) is 25.4 Å². The molecule has 3 N–H and O–H groups in total. The van der Waals surface area contributed by atoms with E-state index < -0.39 is 12.1 Å². The molecule has 0 bridgehead atoms. The average molecular weight is 1140 g/mol. The molecule has 6 nitrogen and oxygen atoms in total. The van der Waals surface area contributed by atoms with Crippen molar-refractivity contribution in [1.82, 2.24) is 5.32 Å². The molecule has 6 heteroatoms. The highest BCUT2D eigenvalue weighted by Gasteiger charge is 2.20. The summed E-state index contributed by atoms with van der Waals surface area (Å²) in [7, 11) is 0. The molecule has 0 aliphatic rings. The number of aliphatic hydroxyl groups excluding tert-OH is 2. The molecule has 0 aliphatic heterocycles. The van der Waals surface area contributed by atoms with Gasteiger partial charge in [0.25, 0.3) is 0 Å². The highest BCUT2D eigenvalue weighted by Crippen LogP contribution is 2.20. The molecule has 0 radical (unpaired) electrons. The summed E-state index contributed by atoms with van der Waals surface area (Å²) in [5, 5.41) is 23.3. The Hall–Kier alpha value is -1.40. The fraction of sp³-hybridized carbons (Fsp3) is 0.947. The summed E-state index contributed by atoms with van der Waals surface area (Å²) in [5.74, 6) is -0.00616. The van der Waals surface area contributed by atoms with Crippen molar-refractivity contribution in [3.63, 3.8) is 0 Å². The van der Waals surface area contributed by atoms with Gasteiger partial charge in [0, 0.05) is 12.8 Å². The predicted molar refractivity (Wildman–Crippen MR) is 357 cm³/mol. The summed E-state index contributed by atoms with van der Waals surface area (Å²) >= 11 is 0. The van der Waals surface area contributed by atoms with Crippen LogP contribution < -0.4 is 5.32 Å². The van der Waals surface area contributed by atoms with Crippen molar-refractivity contribution in [2.24, 2.45) is 0 Å². The first-order valence-electron chi connectivity index (χ1n) is 37.4. The van der Waals surface area contributed by atoms with E-state index in [0.717, 1.165) is 38.5 Å². The van der Waals surface area contributed by atoms with Crippen molar-refractivity contribution >= 4 is 11.9 Å². The maximum Gasteiger partial charge on any atom is 0.305 e. The summed E-state index contributed by atoms with van der Waals surface area (Å²) in [5.41, 5.74) is 0. The molecule has 482 valence electrons. The lowest BCUT2D eigenvalue weighted by molar-refractivity contribution is -0.143. The third-order valence-corrected chi connectivity index (χ3v) is 17.8. The number of hydrogen-bond acceptors (Lipinski definition) is 5. The molecule has 0 heterocycles. The molecule has 0 aromatic rings. The van der Waals surface area contributed by atoms with Crippen LogP contribution in [-0.2, 0) is 14.3 Å². The van der Waals surface area contributed by atoms with Gasteiger partial charge in [-0.1, -0.05) is 379 Å². The molecule has 0 saturated carbocycles. The van der Waals surface area contributed by atoms with Gasteiger partial charge in [0.1, 0.15) is 0 Å². The van der Waals surface area contributed by atoms with Gasteiger partial charge in [-0.2, -0.15) is 0 Å². The number of carbonyl (C=O) groups excluding carboxylic acids is 2. The van der Waals surface area contributed by atoms with Crippen molar-refractivity contribution in [3.8, 4) is 0 Å². The lowest BCUT2D eigenvalue weighted by Gasteiger charge is -2.22. The summed E-state index contributed by atoms with van der Waals surface area (Å²) in [6.45, 7) is 4.99. The van der Waals surface area contributed by atoms with Crippen LogP contribution >= 0.6 is 0 Å². The highest BCUT2D eigenvalue weighted by atomic mass is 16.5. The number of rotatable bonds is 71. The van der Waals surface area contributed by atoms with Crippen molar-refractivity contribution in [2.75, 3.05) is 13.2 Å². The average Bonchev–Trinajstić information content (AvgIpc) is 3.47. The van der Waals surface area contributed by atoms with Crippen LogP contribution in [0.15, 0.2) is 12.2 Å². The number of aliphatic hydroxyl groups is 2. The van der Waals surface area contributed by atoms with Gasteiger partial charge in [-0.3, -0.25) is 9.59 Å². The Morgan fingerprint density at radius 1 is 0.333 bits per heavy atom. The number of nitrogens with one attached hydrogen (secondary N) is 1. The summed E-state index contributed by atoms with van der Waals surface area (Å²) in [6, 6.07) is -0.537. The molecule has 1 amide bonds. The van der Waals surface area contributed by atoms with E-state index >= 15 is 0 Å². The Balaban J connectivity index is 3.30. The molecule has 0 fully saturated rings. The predicted octanol–water partition coefficient (Wildman–Crippen LogP) is 24.3. The number of carbonyl (C=O) groups is 2. The highest BCUT2D eigenvalue weighted by molar-refractivity contribution is 5.76. The monoisotopic (exact) mass is 1140 g/mol. The first-order valence-corrected chi connectivity index (χ1v) is 37.4. The normalized spacial score (nSPS) is 12.5. The lowest BCUT2D eigenvalue weighted by Crippen LogP contribution is -2.45. The van der Waals surface area contributed by atoms with Crippen molar-refractivity contribution in [1.29, 1.82) is 0 Å². The van der Waals surface area contributed by atoms with Gasteiger partial charge < -0.3 is 20.3 Å². The molecule has 0 aliphatic carbocycles. The van der Waals surface area contributed by atoms with Gasteiger partial charge in [0.15, 0.2) is 0 Å². The van der Waals surface area contributed by atoms with Gasteiger partial charge >= 0.3 is 5.97 Å². The topological polar surface area (TPSA) is 95.9 Å². The van der Waals surface area contributed by atoms with E-state index in [1.165, 1.54) is 360 Å². The number of amides is 1. The van der Waals surface area contributed by atoms with Crippen LogP contribution in [0.3, 0.4) is 0 Å². The zero-order valence-corrected chi connectivity index (χ0v) is 55.3. The first-order chi connectivity index (χ1) is 40.0. The van der Waals surface area contributed by atoms with Crippen LogP contribution in [0.1, 0.15) is 431 Å². The van der Waals surface area contributed by atoms with Crippen LogP contribution in [0.4, 0.5) is 0 Å². The van der Waals surface area contributed by atoms with E-state index in [2.05, 4.69) is 31.3 Å². The van der Waals surface area contributed by atoms with E-state index in [1.54, 1.807) is 0 Å². The molecule has 2 atom stereocenters. The second-order valence-corrected chi connectivity index (χ2v) is 26.0. The molecule has 2 unspecified atom stereocenters. The lowest BCUT2D eigenvalue weighted by atomic mass is 10.0. The SMILES string of the molecule is CCCCCCCC/C=C\CCCCCCCCCCCC(=O)OCCCCCCCCCCCCCCCCCCCCCCCCCCCCCCCCCC(=O)NC(CO)C(O)CCCCCCCCCCCCCCCC. The van der Waals surface area contributed by atoms with Gasteiger partial charge in [-0.05, 0) is 51.4 Å². The first kappa shape index (κ1) is 79.6. The number of ether oxygens (including phenoxy) is 1. The van der Waals surface area contributed by atoms with Gasteiger partial charge in [0.2, 0.25) is 5.91 Å². The second kappa shape index (κ2) is 71.1. The summed E-state index contributed by atoms with van der Waals surface area (Å²) < 4.78 is 5.52. The number of allylic oxidation sites excluding steroid dienone is 2. The smallest absolute Gasteiger partial charge is 0.305 e. The maximum atomic E-state index is 12.5. The third kappa shape index (κ3) is 67.6. The van der Waals surface area contributed by atoms with Crippen LogP contribution in [0.2, 0.25) is 0 Å². The van der Waals surface area contributed by atoms with E-state index in [0.29, 0.717) is 25.9 Å². The molecular formula is C75H147NO5. The van der Waals surface area contributed by atoms with E-state index in [4.69, 9.17) is 4.74 Å². The maximum absolute atomic E-state index is 12.5. The van der Waals surface area contributed by atoms with Crippen molar-refractivity contribution < 1.29 is 24.5 Å². The molecule has 0 rings (SSSR count). The number of hydrogen-bond donors (Lipinski definition) is 3. The molecule has 81 heavy (non-hydrogen) atoms. The number of esters is 1. The van der Waals surface area contributed by atoms with Crippen LogP contribution in [0, 0.1) is 0 Å². The Kier molecular flexibility index (Phi) is 69.9. The molecular weight excluding hydrogens is 995 g/mol. The standard InChI is InChI=1S/C75H147NO5/c1-3-5-7-9-11-13-15-17-19-20-34-38-41-45-49-53-57-61-65-69-75(80)81-70-66-62-58-54-50-46-42-39-36-33-31-29-27-25-23-21-22-24-26-28-30-32-35-37-40-44-48-52-56-60-64-68-74(79)76-72(71-77)73(78)67-63-59-55-51-47-43-18-16-14-12-10-8-6-4-2/h17,19,72-73,77-78H,3-16,18,20-71H2,1-2H3,(H,76,79)/b19-17-. The Bertz CT molecular complexity index is 1220. The molecule has 0 spiro atoms. The summed E-state index contributed by atoms with van der Waals surface area (Å²) in [4.78, 5) is 24.6. The van der Waals surface area contributed by atoms with Gasteiger partial charge in [-0.25, -0.2) is 0 Å². The fourth-order valence-corrected chi connectivity index (χ4v) is 12.1. The Labute approximate surface area is 508 Å². The minimum Gasteiger partial charge on any atom is -0.466 e. The van der Waals surface area contributed by atoms with Crippen LogP contribution in [0.25, 0.3) is 0 Å². The summed E-state index contributed by atoms with van der Waals surface area (Å²) in [6.07, 6.45) is 88.6. The zero-order valence-electron chi connectivity index (χ0n) is 55.3.